The Bertz CT molecular complexity index is 200. The topological polar surface area (TPSA) is 59.6 Å². The van der Waals surface area contributed by atoms with Gasteiger partial charge in [0.25, 0.3) is 0 Å². The maximum atomic E-state index is 11.6. The van der Waals surface area contributed by atoms with Crippen LogP contribution in [-0.2, 0) is 14.3 Å². The van der Waals surface area contributed by atoms with Crippen LogP contribution >= 0.6 is 0 Å². The maximum absolute atomic E-state index is 11.6. The molecular formula is C12H26N2O3. The van der Waals surface area contributed by atoms with E-state index in [9.17, 15) is 4.79 Å². The lowest BCUT2D eigenvalue weighted by atomic mass is 10.3. The van der Waals surface area contributed by atoms with Gasteiger partial charge in [-0.1, -0.05) is 6.92 Å². The van der Waals surface area contributed by atoms with Crippen molar-refractivity contribution in [2.24, 2.45) is 0 Å². The highest BCUT2D eigenvalue weighted by Gasteiger charge is 2.13. The minimum absolute atomic E-state index is 0.0775. The molecule has 0 aliphatic rings. The highest BCUT2D eigenvalue weighted by atomic mass is 16.5. The number of carbonyl (C=O) groups is 1. The van der Waals surface area contributed by atoms with Crippen molar-refractivity contribution in [2.45, 2.75) is 39.8 Å². The second-order valence-electron chi connectivity index (χ2n) is 3.91. The monoisotopic (exact) mass is 246 g/mol. The van der Waals surface area contributed by atoms with Crippen LogP contribution < -0.4 is 10.6 Å². The van der Waals surface area contributed by atoms with Crippen LogP contribution in [0, 0.1) is 0 Å². The van der Waals surface area contributed by atoms with E-state index >= 15 is 0 Å². The second kappa shape index (κ2) is 10.5. The van der Waals surface area contributed by atoms with Crippen molar-refractivity contribution in [1.82, 2.24) is 10.6 Å². The summed E-state index contributed by atoms with van der Waals surface area (Å²) in [6.45, 7) is 10.9. The summed E-state index contributed by atoms with van der Waals surface area (Å²) in [5.41, 5.74) is 0. The molecule has 0 heterocycles. The van der Waals surface area contributed by atoms with E-state index in [1.807, 2.05) is 20.8 Å². The SMILES string of the molecule is CCN[C@H](C)CNC(=O)C(C)OCCOCC. The second-order valence-corrected chi connectivity index (χ2v) is 3.91. The van der Waals surface area contributed by atoms with Gasteiger partial charge in [-0.2, -0.15) is 0 Å². The first-order chi connectivity index (χ1) is 8.11. The fraction of sp³-hybridized carbons (Fsp3) is 0.917. The molecule has 0 radical (unpaired) electrons. The smallest absolute Gasteiger partial charge is 0.248 e. The molecule has 0 spiro atoms. The van der Waals surface area contributed by atoms with Crippen LogP contribution in [0.4, 0.5) is 0 Å². The Morgan fingerprint density at radius 1 is 1.24 bits per heavy atom. The Kier molecular flexibility index (Phi) is 10.1. The number of amides is 1. The summed E-state index contributed by atoms with van der Waals surface area (Å²) in [5, 5.41) is 6.06. The molecule has 102 valence electrons. The van der Waals surface area contributed by atoms with Crippen LogP contribution in [0.5, 0.6) is 0 Å². The third-order valence-electron chi connectivity index (χ3n) is 2.30. The normalized spacial score (nSPS) is 14.4. The van der Waals surface area contributed by atoms with E-state index in [1.165, 1.54) is 0 Å². The zero-order valence-corrected chi connectivity index (χ0v) is 11.4. The molecule has 17 heavy (non-hydrogen) atoms. The summed E-state index contributed by atoms with van der Waals surface area (Å²) < 4.78 is 10.5. The van der Waals surface area contributed by atoms with Gasteiger partial charge < -0.3 is 20.1 Å². The van der Waals surface area contributed by atoms with Crippen LogP contribution in [0.25, 0.3) is 0 Å². The molecule has 0 rings (SSSR count). The van der Waals surface area contributed by atoms with Gasteiger partial charge in [0, 0.05) is 19.2 Å². The van der Waals surface area contributed by atoms with Crippen molar-refractivity contribution in [2.75, 3.05) is 32.9 Å². The summed E-state index contributed by atoms with van der Waals surface area (Å²) in [4.78, 5) is 11.6. The van der Waals surface area contributed by atoms with Crippen molar-refractivity contribution >= 4 is 5.91 Å². The van der Waals surface area contributed by atoms with Gasteiger partial charge in [0.05, 0.1) is 13.2 Å². The van der Waals surface area contributed by atoms with Crippen LogP contribution in [0.1, 0.15) is 27.7 Å². The Labute approximate surface area is 104 Å². The molecule has 5 nitrogen and oxygen atoms in total. The standard InChI is InChI=1S/C12H26N2O3/c1-5-13-10(3)9-14-12(15)11(4)17-8-7-16-6-2/h10-11,13H,5-9H2,1-4H3,(H,14,15)/t10-,11?/m1/s1. The molecular weight excluding hydrogens is 220 g/mol. The molecule has 0 saturated carbocycles. The van der Waals surface area contributed by atoms with Gasteiger partial charge in [-0.25, -0.2) is 0 Å². The Hall–Kier alpha value is -0.650. The molecule has 0 aromatic heterocycles. The van der Waals surface area contributed by atoms with Gasteiger partial charge in [0.15, 0.2) is 0 Å². The molecule has 1 unspecified atom stereocenters. The lowest BCUT2D eigenvalue weighted by molar-refractivity contribution is -0.132. The molecule has 0 aliphatic carbocycles. The average Bonchev–Trinajstić information content (AvgIpc) is 2.31. The molecule has 0 bridgehead atoms. The number of nitrogens with one attached hydrogen (secondary N) is 2. The molecule has 0 fully saturated rings. The third kappa shape index (κ3) is 9.09. The molecule has 2 N–H and O–H groups in total. The Morgan fingerprint density at radius 3 is 2.53 bits per heavy atom. The minimum Gasteiger partial charge on any atom is -0.379 e. The van der Waals surface area contributed by atoms with E-state index in [0.29, 0.717) is 26.4 Å². The quantitative estimate of drug-likeness (QED) is 0.552. The fourth-order valence-electron chi connectivity index (χ4n) is 1.32. The van der Waals surface area contributed by atoms with E-state index in [2.05, 4.69) is 10.6 Å². The number of rotatable bonds is 10. The predicted molar refractivity (Wildman–Crippen MR) is 68.1 cm³/mol. The minimum atomic E-state index is -0.427. The van der Waals surface area contributed by atoms with E-state index < -0.39 is 6.10 Å². The van der Waals surface area contributed by atoms with Crippen molar-refractivity contribution in [3.63, 3.8) is 0 Å². The van der Waals surface area contributed by atoms with E-state index in [4.69, 9.17) is 9.47 Å². The lowest BCUT2D eigenvalue weighted by Gasteiger charge is -2.16. The van der Waals surface area contributed by atoms with Crippen molar-refractivity contribution in [3.8, 4) is 0 Å². The number of ether oxygens (including phenoxy) is 2. The largest absolute Gasteiger partial charge is 0.379 e. The third-order valence-corrected chi connectivity index (χ3v) is 2.30. The summed E-state index contributed by atoms with van der Waals surface area (Å²) >= 11 is 0. The summed E-state index contributed by atoms with van der Waals surface area (Å²) in [7, 11) is 0. The van der Waals surface area contributed by atoms with Gasteiger partial charge >= 0.3 is 0 Å². The van der Waals surface area contributed by atoms with Crippen LogP contribution in [0.15, 0.2) is 0 Å². The average molecular weight is 246 g/mol. The van der Waals surface area contributed by atoms with Gasteiger partial charge in [-0.15, -0.1) is 0 Å². The zero-order chi connectivity index (χ0) is 13.1. The van der Waals surface area contributed by atoms with Gasteiger partial charge in [0.2, 0.25) is 5.91 Å². The molecule has 5 heteroatoms. The van der Waals surface area contributed by atoms with Crippen LogP contribution in [0.2, 0.25) is 0 Å². The summed E-state index contributed by atoms with van der Waals surface area (Å²) in [6.07, 6.45) is -0.427. The highest BCUT2D eigenvalue weighted by Crippen LogP contribution is 1.91. The van der Waals surface area contributed by atoms with E-state index in [-0.39, 0.29) is 11.9 Å². The number of likely N-dealkylation sites (N-methyl/N-ethyl adjacent to an activating group) is 1. The van der Waals surface area contributed by atoms with Gasteiger partial charge in [-0.3, -0.25) is 4.79 Å². The van der Waals surface area contributed by atoms with Crippen LogP contribution in [-0.4, -0.2) is 51.0 Å². The maximum Gasteiger partial charge on any atom is 0.248 e. The fourth-order valence-corrected chi connectivity index (χ4v) is 1.32. The van der Waals surface area contributed by atoms with Gasteiger partial charge in [-0.05, 0) is 27.3 Å². The molecule has 0 saturated heterocycles. The van der Waals surface area contributed by atoms with Crippen molar-refractivity contribution in [1.29, 1.82) is 0 Å². The van der Waals surface area contributed by atoms with E-state index in [0.717, 1.165) is 6.54 Å². The summed E-state index contributed by atoms with van der Waals surface area (Å²) in [6, 6.07) is 0.277. The zero-order valence-electron chi connectivity index (χ0n) is 11.4. The van der Waals surface area contributed by atoms with Crippen molar-refractivity contribution in [3.05, 3.63) is 0 Å². The molecule has 1 amide bonds. The molecule has 0 aromatic rings. The Balaban J connectivity index is 3.59. The molecule has 0 aliphatic heterocycles. The van der Waals surface area contributed by atoms with E-state index in [1.54, 1.807) is 6.92 Å². The number of hydrogen-bond donors (Lipinski definition) is 2. The lowest BCUT2D eigenvalue weighted by Crippen LogP contribution is -2.42. The predicted octanol–water partition coefficient (Wildman–Crippen LogP) is 0.542. The first kappa shape index (κ1) is 16.4. The number of hydrogen-bond acceptors (Lipinski definition) is 4. The molecule has 2 atom stereocenters. The first-order valence-corrected chi connectivity index (χ1v) is 6.32. The summed E-state index contributed by atoms with van der Waals surface area (Å²) in [5.74, 6) is -0.0775. The van der Waals surface area contributed by atoms with Crippen LogP contribution in [0.3, 0.4) is 0 Å². The Morgan fingerprint density at radius 2 is 1.94 bits per heavy atom. The first-order valence-electron chi connectivity index (χ1n) is 6.32. The molecule has 0 aromatic carbocycles. The highest BCUT2D eigenvalue weighted by molar-refractivity contribution is 5.80. The van der Waals surface area contributed by atoms with Gasteiger partial charge in [0.1, 0.15) is 6.10 Å². The van der Waals surface area contributed by atoms with Crippen molar-refractivity contribution < 1.29 is 14.3 Å². The number of carbonyl (C=O) groups excluding carboxylic acids is 1.